The summed E-state index contributed by atoms with van der Waals surface area (Å²) in [5.41, 5.74) is 7.88. The Morgan fingerprint density at radius 1 is 1.19 bits per heavy atom. The number of carbonyl (C=O) groups excluding carboxylic acids is 1. The highest BCUT2D eigenvalue weighted by Gasteiger charge is 2.07. The second kappa shape index (κ2) is 7.31. The molecular formula is C16H18N2O3. The fourth-order valence-electron chi connectivity index (χ4n) is 1.86. The van der Waals surface area contributed by atoms with Gasteiger partial charge in [-0.1, -0.05) is 24.3 Å². The summed E-state index contributed by atoms with van der Waals surface area (Å²) in [7, 11) is 1.61. The highest BCUT2D eigenvalue weighted by molar-refractivity contribution is 5.92. The summed E-state index contributed by atoms with van der Waals surface area (Å²) in [6, 6.07) is 14.4. The maximum absolute atomic E-state index is 11.9. The molecular weight excluding hydrogens is 268 g/mol. The molecule has 0 aromatic heterocycles. The minimum atomic E-state index is -0.235. The molecule has 0 aliphatic heterocycles. The lowest BCUT2D eigenvalue weighted by Gasteiger charge is -2.11. The molecule has 1 amide bonds. The Morgan fingerprint density at radius 2 is 2.00 bits per heavy atom. The van der Waals surface area contributed by atoms with Crippen LogP contribution in [0.2, 0.25) is 0 Å². The van der Waals surface area contributed by atoms with Gasteiger partial charge in [-0.3, -0.25) is 4.79 Å². The van der Waals surface area contributed by atoms with E-state index in [1.54, 1.807) is 31.4 Å². The van der Waals surface area contributed by atoms with Crippen LogP contribution in [-0.2, 0) is 16.1 Å². The molecule has 0 spiro atoms. The molecule has 2 aromatic carbocycles. The van der Waals surface area contributed by atoms with Crippen LogP contribution in [0.15, 0.2) is 48.5 Å². The number of anilines is 2. The summed E-state index contributed by atoms with van der Waals surface area (Å²) in [6.07, 6.45) is 0. The quantitative estimate of drug-likeness (QED) is 0.800. The lowest BCUT2D eigenvalue weighted by molar-refractivity contribution is -0.118. The van der Waals surface area contributed by atoms with E-state index in [4.69, 9.17) is 15.2 Å². The molecule has 2 aromatic rings. The number of methoxy groups -OCH3 is 1. The third-order valence-corrected chi connectivity index (χ3v) is 2.82. The fourth-order valence-corrected chi connectivity index (χ4v) is 1.86. The largest absolute Gasteiger partial charge is 0.484 e. The van der Waals surface area contributed by atoms with Crippen molar-refractivity contribution in [3.05, 3.63) is 54.1 Å². The lowest BCUT2D eigenvalue weighted by atomic mass is 10.2. The van der Waals surface area contributed by atoms with Crippen LogP contribution in [0.4, 0.5) is 11.4 Å². The Kier molecular flexibility index (Phi) is 5.17. The number of carbonyl (C=O) groups is 1. The number of para-hydroxylation sites is 1. The molecule has 0 unspecified atom stereocenters. The highest BCUT2D eigenvalue weighted by Crippen LogP contribution is 2.17. The summed E-state index contributed by atoms with van der Waals surface area (Å²) < 4.78 is 10.5. The van der Waals surface area contributed by atoms with Crippen LogP contribution < -0.4 is 15.8 Å². The minimum Gasteiger partial charge on any atom is -0.484 e. The van der Waals surface area contributed by atoms with Gasteiger partial charge in [0.25, 0.3) is 5.91 Å². The number of amides is 1. The van der Waals surface area contributed by atoms with Crippen LogP contribution in [0.25, 0.3) is 0 Å². The van der Waals surface area contributed by atoms with E-state index in [2.05, 4.69) is 5.32 Å². The molecule has 0 fully saturated rings. The third kappa shape index (κ3) is 4.50. The zero-order valence-corrected chi connectivity index (χ0v) is 11.8. The number of hydrogen-bond donors (Lipinski definition) is 2. The SMILES string of the molecule is COCc1ccccc1NC(=O)COc1cccc(N)c1. The molecule has 5 heteroatoms. The van der Waals surface area contributed by atoms with Gasteiger partial charge in [-0.15, -0.1) is 0 Å². The third-order valence-electron chi connectivity index (χ3n) is 2.82. The molecule has 110 valence electrons. The van der Waals surface area contributed by atoms with E-state index in [0.717, 1.165) is 11.3 Å². The maximum Gasteiger partial charge on any atom is 0.262 e. The molecule has 0 aliphatic rings. The number of ether oxygens (including phenoxy) is 2. The van der Waals surface area contributed by atoms with Crippen molar-refractivity contribution in [2.45, 2.75) is 6.61 Å². The number of nitrogens with two attached hydrogens (primary N) is 1. The van der Waals surface area contributed by atoms with Crippen LogP contribution in [-0.4, -0.2) is 19.6 Å². The van der Waals surface area contributed by atoms with Gasteiger partial charge in [0.1, 0.15) is 5.75 Å². The summed E-state index contributed by atoms with van der Waals surface area (Å²) in [4.78, 5) is 11.9. The summed E-state index contributed by atoms with van der Waals surface area (Å²) in [5, 5.41) is 2.81. The van der Waals surface area contributed by atoms with Gasteiger partial charge in [-0.25, -0.2) is 0 Å². The monoisotopic (exact) mass is 286 g/mol. The molecule has 0 heterocycles. The minimum absolute atomic E-state index is 0.0786. The number of nitrogens with one attached hydrogen (secondary N) is 1. The maximum atomic E-state index is 11.9. The van der Waals surface area contributed by atoms with Gasteiger partial charge in [-0.2, -0.15) is 0 Å². The summed E-state index contributed by atoms with van der Waals surface area (Å²) >= 11 is 0. The smallest absolute Gasteiger partial charge is 0.262 e. The van der Waals surface area contributed by atoms with Crippen LogP contribution in [0.3, 0.4) is 0 Å². The molecule has 0 saturated heterocycles. The molecule has 0 saturated carbocycles. The predicted molar refractivity (Wildman–Crippen MR) is 82.1 cm³/mol. The standard InChI is InChI=1S/C16H18N2O3/c1-20-10-12-5-2-3-8-15(12)18-16(19)11-21-14-7-4-6-13(17)9-14/h2-9H,10-11,17H2,1H3,(H,18,19). The van der Waals surface area contributed by atoms with E-state index >= 15 is 0 Å². The topological polar surface area (TPSA) is 73.6 Å². The van der Waals surface area contributed by atoms with Crippen molar-refractivity contribution in [3.8, 4) is 5.75 Å². The first-order valence-corrected chi connectivity index (χ1v) is 6.54. The van der Waals surface area contributed by atoms with E-state index in [9.17, 15) is 4.79 Å². The van der Waals surface area contributed by atoms with Crippen molar-refractivity contribution in [2.75, 3.05) is 24.8 Å². The zero-order chi connectivity index (χ0) is 15.1. The molecule has 0 bridgehead atoms. The van der Waals surface area contributed by atoms with Crippen molar-refractivity contribution < 1.29 is 14.3 Å². The number of hydrogen-bond acceptors (Lipinski definition) is 4. The Hall–Kier alpha value is -2.53. The van der Waals surface area contributed by atoms with Crippen molar-refractivity contribution in [1.29, 1.82) is 0 Å². The van der Waals surface area contributed by atoms with Gasteiger partial charge < -0.3 is 20.5 Å². The van der Waals surface area contributed by atoms with E-state index < -0.39 is 0 Å². The van der Waals surface area contributed by atoms with E-state index in [1.165, 1.54) is 0 Å². The normalized spacial score (nSPS) is 10.1. The Labute approximate surface area is 123 Å². The van der Waals surface area contributed by atoms with Gasteiger partial charge in [0, 0.05) is 30.1 Å². The Balaban J connectivity index is 1.93. The number of nitrogen functional groups attached to an aromatic ring is 1. The Bertz CT molecular complexity index is 614. The molecule has 0 radical (unpaired) electrons. The van der Waals surface area contributed by atoms with Gasteiger partial charge in [0.05, 0.1) is 6.61 Å². The number of rotatable bonds is 6. The summed E-state index contributed by atoms with van der Waals surface area (Å²) in [5.74, 6) is 0.330. The highest BCUT2D eigenvalue weighted by atomic mass is 16.5. The van der Waals surface area contributed by atoms with Gasteiger partial charge in [0.15, 0.2) is 6.61 Å². The number of benzene rings is 2. The second-order valence-electron chi connectivity index (χ2n) is 4.50. The zero-order valence-electron chi connectivity index (χ0n) is 11.8. The predicted octanol–water partition coefficient (Wildman–Crippen LogP) is 2.43. The average molecular weight is 286 g/mol. The first kappa shape index (κ1) is 14.9. The van der Waals surface area contributed by atoms with Crippen LogP contribution in [0, 0.1) is 0 Å². The van der Waals surface area contributed by atoms with Gasteiger partial charge in [-0.05, 0) is 18.2 Å². The first-order valence-electron chi connectivity index (χ1n) is 6.54. The van der Waals surface area contributed by atoms with Crippen molar-refractivity contribution in [1.82, 2.24) is 0 Å². The molecule has 2 rings (SSSR count). The lowest BCUT2D eigenvalue weighted by Crippen LogP contribution is -2.21. The molecule has 3 N–H and O–H groups in total. The van der Waals surface area contributed by atoms with Crippen molar-refractivity contribution in [3.63, 3.8) is 0 Å². The molecule has 0 atom stereocenters. The molecule has 0 aliphatic carbocycles. The van der Waals surface area contributed by atoms with Gasteiger partial charge in [0.2, 0.25) is 0 Å². The second-order valence-corrected chi connectivity index (χ2v) is 4.50. The van der Waals surface area contributed by atoms with Crippen LogP contribution in [0.5, 0.6) is 5.75 Å². The van der Waals surface area contributed by atoms with E-state index in [-0.39, 0.29) is 12.5 Å². The first-order chi connectivity index (χ1) is 10.2. The Morgan fingerprint density at radius 3 is 2.76 bits per heavy atom. The summed E-state index contributed by atoms with van der Waals surface area (Å²) in [6.45, 7) is 0.358. The molecule has 5 nitrogen and oxygen atoms in total. The van der Waals surface area contributed by atoms with Crippen molar-refractivity contribution in [2.24, 2.45) is 0 Å². The fraction of sp³-hybridized carbons (Fsp3) is 0.188. The van der Waals surface area contributed by atoms with Crippen molar-refractivity contribution >= 4 is 17.3 Å². The van der Waals surface area contributed by atoms with Crippen LogP contribution in [0.1, 0.15) is 5.56 Å². The van der Waals surface area contributed by atoms with E-state index in [1.807, 2.05) is 24.3 Å². The van der Waals surface area contributed by atoms with Crippen LogP contribution >= 0.6 is 0 Å². The van der Waals surface area contributed by atoms with Gasteiger partial charge >= 0.3 is 0 Å². The average Bonchev–Trinajstić information content (AvgIpc) is 2.48. The van der Waals surface area contributed by atoms with E-state index in [0.29, 0.717) is 18.0 Å². The molecule has 21 heavy (non-hydrogen) atoms.